The standard InChI is InChI=1S/C25H26FN3O9.C3H8/c26-18-10-14(11-28-6-8-37-9-7-28)4-5-15(18)13-38-19-3-1-2-16-17(19)12-29(22(16)31)20-21(30)27-23(32)25(35,36)24(20,33)34;1-3-2/h1-5,10,20,33-36H,6-9,11-13H2,(H,27,30,32);3H2,1-2H3. The number of hydrogen-bond acceptors (Lipinski definition) is 10. The molecule has 0 spiro atoms. The van der Waals surface area contributed by atoms with E-state index >= 15 is 0 Å². The summed E-state index contributed by atoms with van der Waals surface area (Å²) in [5.41, 5.74) is 1.41. The van der Waals surface area contributed by atoms with Crippen molar-refractivity contribution in [2.24, 2.45) is 0 Å². The normalized spacial score (nSPS) is 21.6. The largest absolute Gasteiger partial charge is 0.488 e. The van der Waals surface area contributed by atoms with Gasteiger partial charge < -0.3 is 34.8 Å². The highest BCUT2D eigenvalue weighted by atomic mass is 19.1. The molecule has 2 aromatic carbocycles. The molecule has 2 saturated heterocycles. The Bertz CT molecular complexity index is 1310. The molecule has 12 nitrogen and oxygen atoms in total. The summed E-state index contributed by atoms with van der Waals surface area (Å²) in [6.07, 6.45) is 1.25. The van der Waals surface area contributed by atoms with Crippen LogP contribution in [0.1, 0.15) is 47.3 Å². The number of morpholine rings is 1. The van der Waals surface area contributed by atoms with Gasteiger partial charge in [0.15, 0.2) is 6.04 Å². The Labute approximate surface area is 235 Å². The highest BCUT2D eigenvalue weighted by Gasteiger charge is 2.67. The summed E-state index contributed by atoms with van der Waals surface area (Å²) in [6, 6.07) is 7.07. The van der Waals surface area contributed by atoms with Crippen molar-refractivity contribution in [3.8, 4) is 5.75 Å². The zero-order chi connectivity index (χ0) is 29.9. The van der Waals surface area contributed by atoms with Crippen molar-refractivity contribution in [1.82, 2.24) is 15.1 Å². The number of imide groups is 1. The van der Waals surface area contributed by atoms with Crippen LogP contribution in [-0.4, -0.2) is 91.9 Å². The number of nitrogens with zero attached hydrogens (tertiary/aromatic N) is 2. The Kier molecular flexibility index (Phi) is 9.07. The molecule has 13 heteroatoms. The van der Waals surface area contributed by atoms with E-state index in [1.807, 2.05) is 0 Å². The summed E-state index contributed by atoms with van der Waals surface area (Å²) in [7, 11) is 0. The highest BCUT2D eigenvalue weighted by molar-refractivity contribution is 6.08. The second kappa shape index (κ2) is 12.2. The van der Waals surface area contributed by atoms with Crippen LogP contribution < -0.4 is 10.1 Å². The van der Waals surface area contributed by atoms with Gasteiger partial charge in [-0.05, 0) is 23.8 Å². The van der Waals surface area contributed by atoms with E-state index in [4.69, 9.17) is 9.47 Å². The summed E-state index contributed by atoms with van der Waals surface area (Å²) in [5.74, 6) is -11.6. The van der Waals surface area contributed by atoms with Gasteiger partial charge >= 0.3 is 5.79 Å². The molecule has 2 fully saturated rings. The van der Waals surface area contributed by atoms with E-state index in [-0.39, 0.29) is 35.6 Å². The second-order valence-electron chi connectivity index (χ2n) is 10.1. The van der Waals surface area contributed by atoms with Crippen molar-refractivity contribution in [2.45, 2.75) is 57.6 Å². The van der Waals surface area contributed by atoms with Gasteiger partial charge in [0.2, 0.25) is 0 Å². The third-order valence-corrected chi connectivity index (χ3v) is 6.97. The quantitative estimate of drug-likeness (QED) is 0.233. The predicted octanol–water partition coefficient (Wildman–Crippen LogP) is -0.00420. The number of halogens is 1. The Hall–Kier alpha value is -3.46. The topological polar surface area (TPSA) is 169 Å². The van der Waals surface area contributed by atoms with Crippen LogP contribution in [-0.2, 0) is 34.0 Å². The number of piperidine rings is 1. The van der Waals surface area contributed by atoms with Crippen molar-refractivity contribution >= 4 is 17.7 Å². The molecule has 1 unspecified atom stereocenters. The van der Waals surface area contributed by atoms with Crippen LogP contribution in [0.2, 0.25) is 0 Å². The third-order valence-electron chi connectivity index (χ3n) is 6.97. The fourth-order valence-corrected chi connectivity index (χ4v) is 4.82. The molecule has 3 heterocycles. The first-order valence-corrected chi connectivity index (χ1v) is 13.3. The molecule has 41 heavy (non-hydrogen) atoms. The lowest BCUT2D eigenvalue weighted by Gasteiger charge is -2.44. The van der Waals surface area contributed by atoms with Gasteiger partial charge in [0, 0.05) is 36.3 Å². The molecular weight excluding hydrogens is 541 g/mol. The number of fused-ring (bicyclic) bond motifs is 1. The summed E-state index contributed by atoms with van der Waals surface area (Å²) in [6.45, 7) is 7.10. The molecule has 0 saturated carbocycles. The minimum absolute atomic E-state index is 0.0609. The lowest BCUT2D eigenvalue weighted by molar-refractivity contribution is -0.355. The number of hydrogen-bond donors (Lipinski definition) is 5. The minimum atomic E-state index is -3.76. The smallest absolute Gasteiger partial charge is 0.303 e. The summed E-state index contributed by atoms with van der Waals surface area (Å²) in [5, 5.41) is 42.1. The van der Waals surface area contributed by atoms with Crippen molar-refractivity contribution in [3.05, 3.63) is 64.5 Å². The van der Waals surface area contributed by atoms with Crippen molar-refractivity contribution < 1.29 is 48.7 Å². The van der Waals surface area contributed by atoms with Gasteiger partial charge in [0.1, 0.15) is 18.2 Å². The van der Waals surface area contributed by atoms with E-state index in [1.165, 1.54) is 30.7 Å². The first kappa shape index (κ1) is 30.5. The van der Waals surface area contributed by atoms with E-state index in [9.17, 15) is 39.2 Å². The molecular formula is C28H34FN3O9. The predicted molar refractivity (Wildman–Crippen MR) is 140 cm³/mol. The Morgan fingerprint density at radius 1 is 1.07 bits per heavy atom. The van der Waals surface area contributed by atoms with Gasteiger partial charge in [0.25, 0.3) is 23.5 Å². The number of amides is 3. The Morgan fingerprint density at radius 3 is 2.41 bits per heavy atom. The van der Waals surface area contributed by atoms with Crippen LogP contribution in [0.25, 0.3) is 0 Å². The first-order valence-electron chi connectivity index (χ1n) is 13.3. The molecule has 0 aromatic heterocycles. The minimum Gasteiger partial charge on any atom is -0.488 e. The monoisotopic (exact) mass is 575 g/mol. The Balaban J connectivity index is 0.00000124. The zero-order valence-electron chi connectivity index (χ0n) is 22.8. The van der Waals surface area contributed by atoms with Crippen LogP contribution in [0.5, 0.6) is 5.75 Å². The van der Waals surface area contributed by atoms with E-state index in [0.29, 0.717) is 24.7 Å². The van der Waals surface area contributed by atoms with Crippen LogP contribution in [0.3, 0.4) is 0 Å². The lowest BCUT2D eigenvalue weighted by atomic mass is 9.90. The molecule has 0 radical (unpaired) electrons. The number of carbonyl (C=O) groups is 3. The summed E-state index contributed by atoms with van der Waals surface area (Å²) >= 11 is 0. The van der Waals surface area contributed by atoms with Gasteiger partial charge in [0.05, 0.1) is 19.8 Å². The molecule has 2 aromatic rings. The molecule has 5 N–H and O–H groups in total. The molecule has 222 valence electrons. The number of nitrogens with one attached hydrogen (secondary N) is 1. The van der Waals surface area contributed by atoms with Crippen molar-refractivity contribution in [1.29, 1.82) is 0 Å². The lowest BCUT2D eigenvalue weighted by Crippen LogP contribution is -2.79. The van der Waals surface area contributed by atoms with E-state index < -0.39 is 41.2 Å². The molecule has 1 atom stereocenters. The molecule has 0 bridgehead atoms. The van der Waals surface area contributed by atoms with Gasteiger partial charge in [-0.1, -0.05) is 38.5 Å². The average Bonchev–Trinajstić information content (AvgIpc) is 3.24. The zero-order valence-corrected chi connectivity index (χ0v) is 22.8. The van der Waals surface area contributed by atoms with Crippen molar-refractivity contribution in [2.75, 3.05) is 26.3 Å². The second-order valence-corrected chi connectivity index (χ2v) is 10.1. The number of ether oxygens (including phenoxy) is 2. The van der Waals surface area contributed by atoms with Crippen LogP contribution in [0, 0.1) is 5.82 Å². The summed E-state index contributed by atoms with van der Waals surface area (Å²) in [4.78, 5) is 40.1. The van der Waals surface area contributed by atoms with Crippen molar-refractivity contribution in [3.63, 3.8) is 0 Å². The fraction of sp³-hybridized carbons (Fsp3) is 0.464. The maximum absolute atomic E-state index is 14.8. The van der Waals surface area contributed by atoms with E-state index in [2.05, 4.69) is 18.7 Å². The maximum atomic E-state index is 14.8. The van der Waals surface area contributed by atoms with E-state index in [1.54, 1.807) is 17.4 Å². The van der Waals surface area contributed by atoms with Crippen LogP contribution >= 0.6 is 0 Å². The van der Waals surface area contributed by atoms with Gasteiger partial charge in [-0.15, -0.1) is 0 Å². The molecule has 3 amide bonds. The maximum Gasteiger partial charge on any atom is 0.303 e. The molecule has 0 aliphatic carbocycles. The number of carbonyl (C=O) groups excluding carboxylic acids is 3. The summed E-state index contributed by atoms with van der Waals surface area (Å²) < 4.78 is 25.9. The van der Waals surface area contributed by atoms with Gasteiger partial charge in [-0.25, -0.2) is 4.39 Å². The average molecular weight is 576 g/mol. The number of rotatable bonds is 6. The van der Waals surface area contributed by atoms with Crippen LogP contribution in [0.4, 0.5) is 4.39 Å². The fourth-order valence-electron chi connectivity index (χ4n) is 4.82. The Morgan fingerprint density at radius 2 is 1.76 bits per heavy atom. The van der Waals surface area contributed by atoms with E-state index in [0.717, 1.165) is 18.7 Å². The molecule has 5 rings (SSSR count). The molecule has 3 aliphatic rings. The van der Waals surface area contributed by atoms with Gasteiger partial charge in [-0.2, -0.15) is 0 Å². The number of aliphatic hydroxyl groups is 4. The highest BCUT2D eigenvalue weighted by Crippen LogP contribution is 2.37. The van der Waals surface area contributed by atoms with Gasteiger partial charge in [-0.3, -0.25) is 24.6 Å². The number of benzene rings is 2. The van der Waals surface area contributed by atoms with Crippen LogP contribution in [0.15, 0.2) is 36.4 Å². The third kappa shape index (κ3) is 5.96. The SMILES string of the molecule is CCC.O=C1NC(=O)C(O)(O)C(O)(O)C1N1Cc2c(OCc3ccc(CN4CCOCC4)cc3F)cccc2C1=O. The molecule has 3 aliphatic heterocycles. The first-order chi connectivity index (χ1) is 19.4.